The van der Waals surface area contributed by atoms with Gasteiger partial charge >= 0.3 is 0 Å². The van der Waals surface area contributed by atoms with Crippen LogP contribution < -0.4 is 0 Å². The summed E-state index contributed by atoms with van der Waals surface area (Å²) < 4.78 is 0. The summed E-state index contributed by atoms with van der Waals surface area (Å²) in [5.74, 6) is 0. The maximum Gasteiger partial charge on any atom is 0.0820 e. The molecule has 0 spiro atoms. The summed E-state index contributed by atoms with van der Waals surface area (Å²) in [6, 6.07) is 0. The quantitative estimate of drug-likeness (QED) is 0.483. The Morgan fingerprint density at radius 3 is 2.38 bits per heavy atom. The Labute approximate surface area is 57.2 Å². The number of rotatable bonds is 0. The average molecular weight is 160 g/mol. The van der Waals surface area contributed by atoms with Crippen molar-refractivity contribution in [1.82, 2.24) is 20.6 Å². The minimum Gasteiger partial charge on any atom is -0.135 e. The Bertz CT molecular complexity index is 141. The zero-order valence-electron chi connectivity index (χ0n) is 4.17. The molecule has 1 aromatic heterocycles. The number of hydrogen-bond donors (Lipinski definition) is 0. The van der Waals surface area contributed by atoms with Gasteiger partial charge in [-0.05, 0) is 17.4 Å². The molecule has 1 heterocycles. The van der Waals surface area contributed by atoms with Crippen LogP contribution in [0.1, 0.15) is 5.69 Å². The van der Waals surface area contributed by atoms with Crippen molar-refractivity contribution in [3.63, 3.8) is 0 Å². The van der Waals surface area contributed by atoms with Crippen molar-refractivity contribution in [3.05, 3.63) is 11.9 Å². The Balaban J connectivity index is 0.000000490. The predicted octanol–water partition coefficient (Wildman–Crippen LogP) is -0.427. The third-order valence-corrected chi connectivity index (χ3v) is 0.539. The van der Waals surface area contributed by atoms with Crippen LogP contribution in [0.15, 0.2) is 6.20 Å². The molecule has 0 saturated heterocycles. The van der Waals surface area contributed by atoms with Crippen molar-refractivity contribution in [3.8, 4) is 0 Å². The van der Waals surface area contributed by atoms with E-state index in [9.17, 15) is 0 Å². The van der Waals surface area contributed by atoms with Gasteiger partial charge in [0.1, 0.15) is 0 Å². The van der Waals surface area contributed by atoms with Gasteiger partial charge in [-0.3, -0.25) is 0 Å². The first-order chi connectivity index (χ1) is 3.39. The van der Waals surface area contributed by atoms with Crippen molar-refractivity contribution in [2.24, 2.45) is 0 Å². The minimum absolute atomic E-state index is 0. The van der Waals surface area contributed by atoms with Gasteiger partial charge in [-0.2, -0.15) is 0 Å². The first kappa shape index (κ1) is 7.46. The molecule has 0 aliphatic carbocycles. The van der Waals surface area contributed by atoms with Crippen LogP contribution in [-0.4, -0.2) is 20.6 Å². The fourth-order valence-corrected chi connectivity index (χ4v) is 0.249. The van der Waals surface area contributed by atoms with Crippen LogP contribution in [0.3, 0.4) is 0 Å². The van der Waals surface area contributed by atoms with Crippen LogP contribution in [0.4, 0.5) is 0 Å². The standard InChI is InChI=1S/C3H4N4.Cu/c1-3-2-4-6-7-5-3;/h2H,1H3;. The van der Waals surface area contributed by atoms with Crippen molar-refractivity contribution in [2.45, 2.75) is 6.92 Å². The summed E-state index contributed by atoms with van der Waals surface area (Å²) in [5, 5.41) is 13.5. The van der Waals surface area contributed by atoms with Crippen LogP contribution in [0.5, 0.6) is 0 Å². The molecule has 8 heavy (non-hydrogen) atoms. The second kappa shape index (κ2) is 3.46. The number of aromatic nitrogens is 4. The van der Waals surface area contributed by atoms with Crippen LogP contribution >= 0.6 is 0 Å². The van der Waals surface area contributed by atoms with E-state index in [0.29, 0.717) is 0 Å². The van der Waals surface area contributed by atoms with Gasteiger partial charge in [0.15, 0.2) is 0 Å². The van der Waals surface area contributed by atoms with Crippen LogP contribution in [0, 0.1) is 6.92 Å². The van der Waals surface area contributed by atoms with Gasteiger partial charge in [-0.15, -0.1) is 10.2 Å². The molecule has 1 rings (SSSR count). The second-order valence-electron chi connectivity index (χ2n) is 1.16. The van der Waals surface area contributed by atoms with Gasteiger partial charge in [0.25, 0.3) is 0 Å². The van der Waals surface area contributed by atoms with E-state index < -0.39 is 0 Å². The normalized spacial score (nSPS) is 7.62. The summed E-state index contributed by atoms with van der Waals surface area (Å²) in [4.78, 5) is 0. The molecule has 0 fully saturated rings. The van der Waals surface area contributed by atoms with Gasteiger partial charge in [0, 0.05) is 17.1 Å². The van der Waals surface area contributed by atoms with Crippen LogP contribution in [0.25, 0.3) is 0 Å². The molecule has 1 aromatic rings. The van der Waals surface area contributed by atoms with Gasteiger partial charge in [0.05, 0.1) is 11.9 Å². The van der Waals surface area contributed by atoms with E-state index in [-0.39, 0.29) is 17.1 Å². The molecular formula is C3H4CuN4. The summed E-state index contributed by atoms with van der Waals surface area (Å²) in [6.45, 7) is 1.81. The molecule has 0 unspecified atom stereocenters. The molecule has 4 nitrogen and oxygen atoms in total. The van der Waals surface area contributed by atoms with E-state index >= 15 is 0 Å². The van der Waals surface area contributed by atoms with Crippen molar-refractivity contribution >= 4 is 0 Å². The molecule has 0 saturated carbocycles. The summed E-state index contributed by atoms with van der Waals surface area (Å²) in [6.07, 6.45) is 1.55. The first-order valence-corrected chi connectivity index (χ1v) is 1.87. The van der Waals surface area contributed by atoms with E-state index in [1.165, 1.54) is 0 Å². The zero-order valence-corrected chi connectivity index (χ0v) is 5.11. The second-order valence-corrected chi connectivity index (χ2v) is 1.16. The summed E-state index contributed by atoms with van der Waals surface area (Å²) in [5.41, 5.74) is 0.787. The van der Waals surface area contributed by atoms with E-state index in [1.807, 2.05) is 6.92 Å². The molecule has 0 amide bonds. The molecule has 47 valence electrons. The number of hydrogen-bond acceptors (Lipinski definition) is 4. The third kappa shape index (κ3) is 1.95. The molecule has 1 radical (unpaired) electrons. The van der Waals surface area contributed by atoms with Crippen LogP contribution in [0.2, 0.25) is 0 Å². The Morgan fingerprint density at radius 2 is 2.12 bits per heavy atom. The molecule has 0 bridgehead atoms. The van der Waals surface area contributed by atoms with Gasteiger partial charge in [0.2, 0.25) is 0 Å². The molecular weight excluding hydrogens is 156 g/mol. The maximum absolute atomic E-state index is 3.56. The molecule has 0 aliphatic heterocycles. The van der Waals surface area contributed by atoms with Gasteiger partial charge in [-0.25, -0.2) is 0 Å². The summed E-state index contributed by atoms with van der Waals surface area (Å²) in [7, 11) is 0. The monoisotopic (exact) mass is 159 g/mol. The van der Waals surface area contributed by atoms with Crippen molar-refractivity contribution in [1.29, 1.82) is 0 Å². The first-order valence-electron chi connectivity index (χ1n) is 1.87. The van der Waals surface area contributed by atoms with E-state index in [0.717, 1.165) is 5.69 Å². The van der Waals surface area contributed by atoms with E-state index in [1.54, 1.807) is 6.20 Å². The maximum atomic E-state index is 3.56. The fraction of sp³-hybridized carbons (Fsp3) is 0.333. The SMILES string of the molecule is Cc1cnnnn1.[Cu]. The van der Waals surface area contributed by atoms with Gasteiger partial charge in [-0.1, -0.05) is 0 Å². The van der Waals surface area contributed by atoms with E-state index in [4.69, 9.17) is 0 Å². The van der Waals surface area contributed by atoms with Crippen molar-refractivity contribution in [2.75, 3.05) is 0 Å². The largest absolute Gasteiger partial charge is 0.135 e. The Kier molecular flexibility index (Phi) is 3.23. The van der Waals surface area contributed by atoms with Crippen molar-refractivity contribution < 1.29 is 17.1 Å². The molecule has 5 heteroatoms. The predicted molar refractivity (Wildman–Crippen MR) is 22.4 cm³/mol. The topological polar surface area (TPSA) is 51.6 Å². The van der Waals surface area contributed by atoms with Gasteiger partial charge < -0.3 is 0 Å². The Hall–Kier alpha value is -0.541. The smallest absolute Gasteiger partial charge is 0.0820 e. The van der Waals surface area contributed by atoms with Crippen LogP contribution in [-0.2, 0) is 17.1 Å². The zero-order chi connectivity index (χ0) is 5.11. The Morgan fingerprint density at radius 1 is 1.38 bits per heavy atom. The van der Waals surface area contributed by atoms with E-state index in [2.05, 4.69) is 20.6 Å². The molecule has 0 N–H and O–H groups in total. The average Bonchev–Trinajstić information content (AvgIpc) is 1.69. The third-order valence-electron chi connectivity index (χ3n) is 0.539. The minimum atomic E-state index is 0. The fourth-order valence-electron chi connectivity index (χ4n) is 0.249. The molecule has 0 atom stereocenters. The number of nitrogens with zero attached hydrogens (tertiary/aromatic N) is 4. The molecule has 0 aliphatic rings. The summed E-state index contributed by atoms with van der Waals surface area (Å²) >= 11 is 0. The molecule has 0 aromatic carbocycles. The number of aryl methyl sites for hydroxylation is 1.